The van der Waals surface area contributed by atoms with Crippen LogP contribution in [0.25, 0.3) is 0 Å². The van der Waals surface area contributed by atoms with E-state index in [1.807, 2.05) is 11.8 Å². The van der Waals surface area contributed by atoms with Crippen LogP contribution in [0.5, 0.6) is 0 Å². The van der Waals surface area contributed by atoms with Crippen LogP contribution in [0.15, 0.2) is 0 Å². The number of hydrogen-bond acceptors (Lipinski definition) is 3. The average Bonchev–Trinajstić information content (AvgIpc) is 2.96. The van der Waals surface area contributed by atoms with Gasteiger partial charge in [-0.1, -0.05) is 20.3 Å². The van der Waals surface area contributed by atoms with Crippen molar-refractivity contribution >= 4 is 11.9 Å². The van der Waals surface area contributed by atoms with E-state index in [2.05, 4.69) is 18.7 Å². The Morgan fingerprint density at radius 2 is 1.62 bits per heavy atom. The largest absolute Gasteiger partial charge is 0.481 e. The molecule has 1 rings (SSSR count). The molecule has 2 unspecified atom stereocenters. The Morgan fingerprint density at radius 1 is 1.00 bits per heavy atom. The Labute approximate surface area is 128 Å². The first-order valence-electron chi connectivity index (χ1n) is 8.29. The summed E-state index contributed by atoms with van der Waals surface area (Å²) >= 11 is 0. The van der Waals surface area contributed by atoms with E-state index in [-0.39, 0.29) is 11.8 Å². The maximum atomic E-state index is 12.6. The second-order valence-corrected chi connectivity index (χ2v) is 5.78. The zero-order chi connectivity index (χ0) is 15.8. The molecular weight excluding hydrogens is 268 g/mol. The second-order valence-electron chi connectivity index (χ2n) is 5.78. The van der Waals surface area contributed by atoms with Gasteiger partial charge >= 0.3 is 5.97 Å². The van der Waals surface area contributed by atoms with Crippen molar-refractivity contribution in [1.82, 2.24) is 9.80 Å². The number of nitrogens with zero attached hydrogens (tertiary/aromatic N) is 2. The highest BCUT2D eigenvalue weighted by molar-refractivity contribution is 5.85. The van der Waals surface area contributed by atoms with Crippen LogP contribution < -0.4 is 0 Å². The minimum absolute atomic E-state index is 0.0435. The Morgan fingerprint density at radius 3 is 2.14 bits per heavy atom. The molecule has 1 saturated carbocycles. The molecule has 0 aromatic carbocycles. The molecule has 1 amide bonds. The molecule has 5 nitrogen and oxygen atoms in total. The Hall–Kier alpha value is -1.10. The highest BCUT2D eigenvalue weighted by Crippen LogP contribution is 2.33. The molecule has 0 aliphatic heterocycles. The van der Waals surface area contributed by atoms with Crippen LogP contribution in [0.3, 0.4) is 0 Å². The summed E-state index contributed by atoms with van der Waals surface area (Å²) in [6.45, 7) is 10.7. The molecule has 0 spiro atoms. The van der Waals surface area contributed by atoms with Gasteiger partial charge in [0.2, 0.25) is 5.91 Å². The van der Waals surface area contributed by atoms with E-state index in [9.17, 15) is 14.7 Å². The van der Waals surface area contributed by atoms with Crippen molar-refractivity contribution < 1.29 is 14.7 Å². The summed E-state index contributed by atoms with van der Waals surface area (Å²) in [5.74, 6) is -1.56. The first-order valence-corrected chi connectivity index (χ1v) is 8.29. The van der Waals surface area contributed by atoms with Crippen LogP contribution in [-0.2, 0) is 9.59 Å². The van der Waals surface area contributed by atoms with Crippen LogP contribution in [0.1, 0.15) is 46.5 Å². The van der Waals surface area contributed by atoms with Crippen LogP contribution >= 0.6 is 0 Å². The van der Waals surface area contributed by atoms with Gasteiger partial charge in [0.05, 0.1) is 11.8 Å². The maximum absolute atomic E-state index is 12.6. The third kappa shape index (κ3) is 4.99. The predicted molar refractivity (Wildman–Crippen MR) is 83.1 cm³/mol. The summed E-state index contributed by atoms with van der Waals surface area (Å²) in [7, 11) is 0. The fourth-order valence-corrected chi connectivity index (χ4v) is 3.23. The zero-order valence-corrected chi connectivity index (χ0v) is 13.7. The molecule has 0 aromatic rings. The van der Waals surface area contributed by atoms with Crippen molar-refractivity contribution in [3.8, 4) is 0 Å². The third-order valence-electron chi connectivity index (χ3n) is 4.64. The van der Waals surface area contributed by atoms with Gasteiger partial charge in [-0.25, -0.2) is 0 Å². The van der Waals surface area contributed by atoms with Gasteiger partial charge < -0.3 is 14.9 Å². The van der Waals surface area contributed by atoms with Crippen LogP contribution in [0.2, 0.25) is 0 Å². The maximum Gasteiger partial charge on any atom is 0.307 e. The standard InChI is InChI=1S/C16H30N2O3/c1-4-17(5-2)11-8-12-18(6-3)15(19)13-9-7-10-14(13)16(20)21/h13-14H,4-12H2,1-3H3,(H,20,21). The minimum Gasteiger partial charge on any atom is -0.481 e. The number of carboxylic acid groups (broad SMARTS) is 1. The first-order chi connectivity index (χ1) is 10.0. The lowest BCUT2D eigenvalue weighted by Gasteiger charge is -2.27. The molecule has 0 heterocycles. The van der Waals surface area contributed by atoms with Gasteiger partial charge in [0, 0.05) is 13.1 Å². The quantitative estimate of drug-likeness (QED) is 0.708. The number of aliphatic carboxylic acids is 1. The molecule has 0 radical (unpaired) electrons. The van der Waals surface area contributed by atoms with Crippen molar-refractivity contribution in [3.63, 3.8) is 0 Å². The molecule has 1 fully saturated rings. The molecule has 1 aliphatic carbocycles. The van der Waals surface area contributed by atoms with Crippen molar-refractivity contribution in [2.45, 2.75) is 46.5 Å². The number of hydrogen-bond donors (Lipinski definition) is 1. The lowest BCUT2D eigenvalue weighted by molar-refractivity contribution is -0.149. The normalized spacial score (nSPS) is 21.7. The van der Waals surface area contributed by atoms with Gasteiger partial charge in [-0.05, 0) is 45.8 Å². The topological polar surface area (TPSA) is 60.9 Å². The second kappa shape index (κ2) is 9.03. The van der Waals surface area contributed by atoms with Crippen molar-refractivity contribution in [2.75, 3.05) is 32.7 Å². The fraction of sp³-hybridized carbons (Fsp3) is 0.875. The van der Waals surface area contributed by atoms with E-state index < -0.39 is 11.9 Å². The zero-order valence-electron chi connectivity index (χ0n) is 13.7. The molecule has 1 N–H and O–H groups in total. The van der Waals surface area contributed by atoms with Crippen molar-refractivity contribution in [2.24, 2.45) is 11.8 Å². The molecule has 0 bridgehead atoms. The van der Waals surface area contributed by atoms with E-state index in [4.69, 9.17) is 0 Å². The van der Waals surface area contributed by atoms with Crippen LogP contribution in [-0.4, -0.2) is 59.5 Å². The van der Waals surface area contributed by atoms with Crippen LogP contribution in [0.4, 0.5) is 0 Å². The molecular formula is C16H30N2O3. The molecule has 2 atom stereocenters. The van der Waals surface area contributed by atoms with Crippen molar-refractivity contribution in [1.29, 1.82) is 0 Å². The molecule has 0 aromatic heterocycles. The summed E-state index contributed by atoms with van der Waals surface area (Å²) in [6, 6.07) is 0. The Balaban J connectivity index is 2.51. The van der Waals surface area contributed by atoms with Gasteiger partial charge in [0.1, 0.15) is 0 Å². The Kier molecular flexibility index (Phi) is 7.72. The van der Waals surface area contributed by atoms with Gasteiger partial charge in [-0.3, -0.25) is 9.59 Å². The smallest absolute Gasteiger partial charge is 0.307 e. The van der Waals surface area contributed by atoms with E-state index >= 15 is 0 Å². The highest BCUT2D eigenvalue weighted by atomic mass is 16.4. The summed E-state index contributed by atoms with van der Waals surface area (Å²) in [5, 5.41) is 9.22. The summed E-state index contributed by atoms with van der Waals surface area (Å²) in [5.41, 5.74) is 0. The minimum atomic E-state index is -0.815. The molecule has 122 valence electrons. The molecule has 1 aliphatic rings. The lowest BCUT2D eigenvalue weighted by Crippen LogP contribution is -2.40. The first kappa shape index (κ1) is 18.0. The van der Waals surface area contributed by atoms with Gasteiger partial charge in [-0.2, -0.15) is 0 Å². The summed E-state index contributed by atoms with van der Waals surface area (Å²) in [6.07, 6.45) is 3.17. The number of carbonyl (C=O) groups is 2. The monoisotopic (exact) mass is 298 g/mol. The number of carboxylic acids is 1. The lowest BCUT2D eigenvalue weighted by atomic mass is 9.94. The third-order valence-corrected chi connectivity index (χ3v) is 4.64. The van der Waals surface area contributed by atoms with E-state index in [0.29, 0.717) is 13.0 Å². The number of rotatable bonds is 9. The molecule has 5 heteroatoms. The van der Waals surface area contributed by atoms with E-state index in [0.717, 1.165) is 45.4 Å². The molecule has 21 heavy (non-hydrogen) atoms. The Bertz CT molecular complexity index is 342. The highest BCUT2D eigenvalue weighted by Gasteiger charge is 2.39. The predicted octanol–water partition coefficient (Wildman–Crippen LogP) is 2.07. The van der Waals surface area contributed by atoms with Gasteiger partial charge in [0.25, 0.3) is 0 Å². The van der Waals surface area contributed by atoms with Crippen molar-refractivity contribution in [3.05, 3.63) is 0 Å². The van der Waals surface area contributed by atoms with Crippen LogP contribution in [0, 0.1) is 11.8 Å². The van der Waals surface area contributed by atoms with E-state index in [1.54, 1.807) is 0 Å². The SMILES string of the molecule is CCN(CC)CCCN(CC)C(=O)C1CCCC1C(=O)O. The summed E-state index contributed by atoms with van der Waals surface area (Å²) < 4.78 is 0. The number of amides is 1. The average molecular weight is 298 g/mol. The van der Waals surface area contributed by atoms with Gasteiger partial charge in [-0.15, -0.1) is 0 Å². The fourth-order valence-electron chi connectivity index (χ4n) is 3.23. The van der Waals surface area contributed by atoms with E-state index in [1.165, 1.54) is 0 Å². The molecule has 0 saturated heterocycles. The summed E-state index contributed by atoms with van der Waals surface area (Å²) in [4.78, 5) is 28.0. The van der Waals surface area contributed by atoms with Gasteiger partial charge in [0.15, 0.2) is 0 Å². The number of carbonyl (C=O) groups excluding carboxylic acids is 1.